The van der Waals surface area contributed by atoms with Crippen LogP contribution in [0.1, 0.15) is 44.1 Å². The summed E-state index contributed by atoms with van der Waals surface area (Å²) in [4.78, 5) is 26.7. The Hall–Kier alpha value is -2.59. The van der Waals surface area contributed by atoms with E-state index in [9.17, 15) is 14.0 Å². The first-order chi connectivity index (χ1) is 14.0. The monoisotopic (exact) mass is 478 g/mol. The largest absolute Gasteiger partial charge is 0.444 e. The second-order valence-electron chi connectivity index (χ2n) is 6.60. The number of aromatic nitrogens is 2. The van der Waals surface area contributed by atoms with Crippen LogP contribution in [0.4, 0.5) is 10.1 Å². The van der Waals surface area contributed by atoms with Gasteiger partial charge in [0, 0.05) is 24.7 Å². The van der Waals surface area contributed by atoms with Gasteiger partial charge in [-0.2, -0.15) is 0 Å². The average molecular weight is 479 g/mol. The highest BCUT2D eigenvalue weighted by Gasteiger charge is 2.29. The molecule has 1 saturated heterocycles. The molecule has 1 fully saturated rings. The molecule has 1 aromatic carbocycles. The van der Waals surface area contributed by atoms with Crippen LogP contribution in [0.15, 0.2) is 45.5 Å². The molecule has 1 aliphatic heterocycles. The summed E-state index contributed by atoms with van der Waals surface area (Å²) in [5, 5.41) is 11.8. The number of nitrogens with zero attached hydrogens (tertiary/aromatic N) is 3. The Bertz CT molecular complexity index is 1040. The lowest BCUT2D eigenvalue weighted by Gasteiger charge is -2.30. The van der Waals surface area contributed by atoms with Gasteiger partial charge in [0.2, 0.25) is 5.01 Å². The van der Waals surface area contributed by atoms with Crippen molar-refractivity contribution in [1.82, 2.24) is 15.1 Å². The van der Waals surface area contributed by atoms with E-state index in [2.05, 4.69) is 31.4 Å². The van der Waals surface area contributed by atoms with Gasteiger partial charge in [-0.05, 0) is 65.2 Å². The zero-order valence-corrected chi connectivity index (χ0v) is 17.5. The van der Waals surface area contributed by atoms with Gasteiger partial charge >= 0.3 is 0 Å². The Balaban J connectivity index is 1.42. The number of carbonyl (C=O) groups is 2. The smallest absolute Gasteiger partial charge is 0.289 e. The number of amides is 2. The minimum absolute atomic E-state index is 0.0102. The summed E-state index contributed by atoms with van der Waals surface area (Å²) in [6, 6.07) is 8.82. The van der Waals surface area contributed by atoms with E-state index in [0.29, 0.717) is 28.5 Å². The van der Waals surface area contributed by atoms with Crippen LogP contribution in [0.25, 0.3) is 0 Å². The van der Waals surface area contributed by atoms with Crippen molar-refractivity contribution in [1.29, 1.82) is 0 Å². The van der Waals surface area contributed by atoms with Crippen LogP contribution < -0.4 is 5.32 Å². The molecule has 29 heavy (non-hydrogen) atoms. The Kier molecular flexibility index (Phi) is 5.72. The van der Waals surface area contributed by atoms with Gasteiger partial charge in [-0.15, -0.1) is 10.2 Å². The van der Waals surface area contributed by atoms with E-state index in [1.165, 1.54) is 35.6 Å². The standard InChI is InChI=1S/C19H16BrFN4O3S/c20-15-8-7-14(28-15)19(27)25-9-1-2-11(10-25)17-23-24-18(29-17)16(26)22-13-5-3-12(21)4-6-13/h3-8,11H,1-2,9-10H2,(H,22,26)/t11-/m1/s1. The molecule has 3 heterocycles. The number of piperidine rings is 1. The molecule has 3 aromatic rings. The molecule has 1 N–H and O–H groups in total. The number of likely N-dealkylation sites (tertiary alicyclic amines) is 1. The van der Waals surface area contributed by atoms with Gasteiger partial charge in [0.05, 0.1) is 0 Å². The number of hydrogen-bond acceptors (Lipinski definition) is 6. The molecular formula is C19H16BrFN4O3S. The van der Waals surface area contributed by atoms with Gasteiger partial charge in [0.25, 0.3) is 11.8 Å². The van der Waals surface area contributed by atoms with E-state index < -0.39 is 5.91 Å². The van der Waals surface area contributed by atoms with Gasteiger partial charge in [0.1, 0.15) is 10.8 Å². The fourth-order valence-corrected chi connectivity index (χ4v) is 4.33. The zero-order valence-electron chi connectivity index (χ0n) is 15.1. The first kappa shape index (κ1) is 19.7. The van der Waals surface area contributed by atoms with Crippen molar-refractivity contribution in [2.45, 2.75) is 18.8 Å². The van der Waals surface area contributed by atoms with Gasteiger partial charge in [-0.3, -0.25) is 9.59 Å². The first-order valence-electron chi connectivity index (χ1n) is 8.94. The minimum Gasteiger partial charge on any atom is -0.444 e. The number of carbonyl (C=O) groups excluding carboxylic acids is 2. The highest BCUT2D eigenvalue weighted by molar-refractivity contribution is 9.10. The fraction of sp³-hybridized carbons (Fsp3) is 0.263. The molecule has 7 nitrogen and oxygen atoms in total. The molecule has 0 unspecified atom stereocenters. The average Bonchev–Trinajstić information content (AvgIpc) is 3.39. The third-order valence-corrected chi connectivity index (χ3v) is 6.09. The molecule has 10 heteroatoms. The summed E-state index contributed by atoms with van der Waals surface area (Å²) >= 11 is 4.41. The Morgan fingerprint density at radius 1 is 1.21 bits per heavy atom. The van der Waals surface area contributed by atoms with Crippen molar-refractivity contribution >= 4 is 44.8 Å². The van der Waals surface area contributed by atoms with Crippen molar-refractivity contribution < 1.29 is 18.4 Å². The second kappa shape index (κ2) is 8.42. The second-order valence-corrected chi connectivity index (χ2v) is 8.39. The van der Waals surface area contributed by atoms with Crippen LogP contribution in [0.2, 0.25) is 0 Å². The lowest BCUT2D eigenvalue weighted by molar-refractivity contribution is 0.0673. The van der Waals surface area contributed by atoms with E-state index in [1.54, 1.807) is 17.0 Å². The molecule has 0 aliphatic carbocycles. The highest BCUT2D eigenvalue weighted by Crippen LogP contribution is 2.30. The van der Waals surface area contributed by atoms with Crippen LogP contribution in [0.5, 0.6) is 0 Å². The number of anilines is 1. The summed E-state index contributed by atoms with van der Waals surface area (Å²) in [6.45, 7) is 1.13. The Labute approximate surface area is 178 Å². The van der Waals surface area contributed by atoms with Crippen LogP contribution in [-0.2, 0) is 0 Å². The fourth-order valence-electron chi connectivity index (χ4n) is 3.16. The third kappa shape index (κ3) is 4.54. The first-order valence-corrected chi connectivity index (χ1v) is 10.6. The maximum atomic E-state index is 13.0. The van der Waals surface area contributed by atoms with Crippen LogP contribution in [0, 0.1) is 5.82 Å². The van der Waals surface area contributed by atoms with Crippen molar-refractivity contribution in [3.8, 4) is 0 Å². The number of furan rings is 1. The summed E-state index contributed by atoms with van der Waals surface area (Å²) in [5.74, 6) is -0.645. The normalized spacial score (nSPS) is 16.6. The molecule has 0 bridgehead atoms. The van der Waals surface area contributed by atoms with E-state index in [4.69, 9.17) is 4.42 Å². The summed E-state index contributed by atoms with van der Waals surface area (Å²) < 4.78 is 18.9. The van der Waals surface area contributed by atoms with E-state index in [-0.39, 0.29) is 28.4 Å². The summed E-state index contributed by atoms with van der Waals surface area (Å²) in [7, 11) is 0. The lowest BCUT2D eigenvalue weighted by Crippen LogP contribution is -2.38. The minimum atomic E-state index is -0.399. The summed E-state index contributed by atoms with van der Waals surface area (Å²) in [5.41, 5.74) is 0.479. The van der Waals surface area contributed by atoms with Gasteiger partial charge in [0.15, 0.2) is 10.4 Å². The van der Waals surface area contributed by atoms with Crippen LogP contribution in [0.3, 0.4) is 0 Å². The van der Waals surface area contributed by atoms with Gasteiger partial charge < -0.3 is 14.6 Å². The molecule has 2 aromatic heterocycles. The molecule has 150 valence electrons. The molecule has 4 rings (SSSR count). The predicted octanol–water partition coefficient (Wildman–Crippen LogP) is 4.30. The number of rotatable bonds is 4. The van der Waals surface area contributed by atoms with E-state index >= 15 is 0 Å². The van der Waals surface area contributed by atoms with E-state index in [0.717, 1.165) is 12.8 Å². The highest BCUT2D eigenvalue weighted by atomic mass is 79.9. The van der Waals surface area contributed by atoms with Crippen molar-refractivity contribution in [3.05, 3.63) is 62.7 Å². The molecule has 1 aliphatic rings. The molecule has 0 radical (unpaired) electrons. The van der Waals surface area contributed by atoms with Crippen LogP contribution >= 0.6 is 27.3 Å². The molecule has 1 atom stereocenters. The Morgan fingerprint density at radius 2 is 2.00 bits per heavy atom. The van der Waals surface area contributed by atoms with E-state index in [1.807, 2.05) is 0 Å². The SMILES string of the molecule is O=C(Nc1ccc(F)cc1)c1nnc([C@@H]2CCCN(C(=O)c3ccc(Br)o3)C2)s1. The lowest BCUT2D eigenvalue weighted by atomic mass is 9.98. The van der Waals surface area contributed by atoms with Gasteiger partial charge in [-0.25, -0.2) is 4.39 Å². The van der Waals surface area contributed by atoms with Crippen LogP contribution in [-0.4, -0.2) is 40.0 Å². The third-order valence-electron chi connectivity index (χ3n) is 4.58. The maximum Gasteiger partial charge on any atom is 0.289 e. The maximum absolute atomic E-state index is 13.0. The van der Waals surface area contributed by atoms with Crippen molar-refractivity contribution in [3.63, 3.8) is 0 Å². The molecular weight excluding hydrogens is 463 g/mol. The predicted molar refractivity (Wildman–Crippen MR) is 109 cm³/mol. The molecule has 2 amide bonds. The quantitative estimate of drug-likeness (QED) is 0.603. The van der Waals surface area contributed by atoms with Crippen molar-refractivity contribution in [2.24, 2.45) is 0 Å². The molecule has 0 spiro atoms. The van der Waals surface area contributed by atoms with Gasteiger partial charge in [-0.1, -0.05) is 11.3 Å². The number of halogens is 2. The Morgan fingerprint density at radius 3 is 2.72 bits per heavy atom. The summed E-state index contributed by atoms with van der Waals surface area (Å²) in [6.07, 6.45) is 1.69. The number of benzene rings is 1. The number of hydrogen-bond donors (Lipinski definition) is 1. The number of nitrogens with one attached hydrogen (secondary N) is 1. The zero-order chi connectivity index (χ0) is 20.4. The topological polar surface area (TPSA) is 88.3 Å². The van der Waals surface area contributed by atoms with Crippen molar-refractivity contribution in [2.75, 3.05) is 18.4 Å². The molecule has 0 saturated carbocycles.